The van der Waals surface area contributed by atoms with Crippen LogP contribution in [-0.4, -0.2) is 33.0 Å². The number of aliphatic carboxylic acids is 1. The Morgan fingerprint density at radius 2 is 1.75 bits per heavy atom. The highest BCUT2D eigenvalue weighted by atomic mass is 79.9. The normalized spacial score (nSPS) is 11.0. The molecule has 3 aromatic rings. The number of rotatable bonds is 7. The number of amides is 2. The van der Waals surface area contributed by atoms with Gasteiger partial charge in [-0.1, -0.05) is 12.1 Å². The van der Waals surface area contributed by atoms with Crippen LogP contribution in [0.5, 0.6) is 5.75 Å². The van der Waals surface area contributed by atoms with E-state index in [1.807, 2.05) is 0 Å². The van der Waals surface area contributed by atoms with Gasteiger partial charge in [0.15, 0.2) is 0 Å². The highest BCUT2D eigenvalue weighted by Gasteiger charge is 2.17. The van der Waals surface area contributed by atoms with Crippen molar-refractivity contribution in [2.24, 2.45) is 0 Å². The van der Waals surface area contributed by atoms with Gasteiger partial charge in [0.05, 0.1) is 5.56 Å². The zero-order chi connectivity index (χ0) is 23.1. The number of carbonyl (C=O) groups is 3. The third kappa shape index (κ3) is 6.02. The van der Waals surface area contributed by atoms with Crippen molar-refractivity contribution in [1.29, 1.82) is 0 Å². The molecule has 0 bridgehead atoms. The third-order valence-corrected chi connectivity index (χ3v) is 4.99. The molecule has 4 N–H and O–H groups in total. The monoisotopic (exact) mass is 495 g/mol. The minimum absolute atomic E-state index is 0.105. The van der Waals surface area contributed by atoms with Crippen LogP contribution < -0.4 is 10.6 Å². The number of benzene rings is 2. The second-order valence-electron chi connectivity index (χ2n) is 6.65. The predicted octanol–water partition coefficient (Wildman–Crippen LogP) is 3.34. The van der Waals surface area contributed by atoms with Gasteiger partial charge in [0.1, 0.15) is 11.4 Å². The average Bonchev–Trinajstić information content (AvgIpc) is 2.77. The van der Waals surface area contributed by atoms with Gasteiger partial charge in [0.2, 0.25) is 0 Å². The topological polar surface area (TPSA) is 129 Å². The first kappa shape index (κ1) is 22.7. The predicted molar refractivity (Wildman–Crippen MR) is 121 cm³/mol. The molecule has 32 heavy (non-hydrogen) atoms. The molecule has 2 amide bonds. The lowest BCUT2D eigenvalue weighted by Gasteiger charge is -2.10. The number of phenols is 1. The number of aromatic hydroxyl groups is 1. The smallest absolute Gasteiger partial charge is 0.352 e. The summed E-state index contributed by atoms with van der Waals surface area (Å²) in [6.07, 6.45) is 4.33. The van der Waals surface area contributed by atoms with Crippen LogP contribution in [0.2, 0.25) is 0 Å². The van der Waals surface area contributed by atoms with Crippen LogP contribution in [0.25, 0.3) is 6.08 Å². The molecule has 8 nitrogen and oxygen atoms in total. The number of nitrogens with zero attached hydrogens (tertiary/aromatic N) is 1. The Balaban J connectivity index is 1.70. The SMILES string of the molecule is O=C(O)C(=Cc1ccncc1)NC(=O)c1ccc(C(=O)NCc2cccc(O)c2)cc1Br. The molecule has 1 aromatic heterocycles. The van der Waals surface area contributed by atoms with E-state index in [9.17, 15) is 24.6 Å². The summed E-state index contributed by atoms with van der Waals surface area (Å²) in [5.74, 6) is -2.21. The molecule has 0 atom stereocenters. The lowest BCUT2D eigenvalue weighted by molar-refractivity contribution is -0.132. The summed E-state index contributed by atoms with van der Waals surface area (Å²) in [7, 11) is 0. The van der Waals surface area contributed by atoms with Crippen molar-refractivity contribution in [1.82, 2.24) is 15.6 Å². The van der Waals surface area contributed by atoms with Crippen molar-refractivity contribution < 1.29 is 24.6 Å². The zero-order valence-corrected chi connectivity index (χ0v) is 18.2. The number of hydrogen-bond donors (Lipinski definition) is 4. The van der Waals surface area contributed by atoms with Gasteiger partial charge < -0.3 is 20.8 Å². The molecule has 0 aliphatic carbocycles. The molecule has 0 saturated heterocycles. The fourth-order valence-corrected chi connectivity index (χ4v) is 3.32. The van der Waals surface area contributed by atoms with Crippen molar-refractivity contribution in [3.63, 3.8) is 0 Å². The van der Waals surface area contributed by atoms with E-state index in [4.69, 9.17) is 0 Å². The fourth-order valence-electron chi connectivity index (χ4n) is 2.76. The molecule has 0 radical (unpaired) electrons. The molecule has 0 spiro atoms. The molecule has 9 heteroatoms. The number of pyridine rings is 1. The van der Waals surface area contributed by atoms with Crippen molar-refractivity contribution in [2.75, 3.05) is 0 Å². The maximum Gasteiger partial charge on any atom is 0.352 e. The van der Waals surface area contributed by atoms with Gasteiger partial charge in [0.25, 0.3) is 11.8 Å². The molecule has 0 unspecified atom stereocenters. The van der Waals surface area contributed by atoms with Crippen LogP contribution in [0.15, 0.2) is 77.2 Å². The maximum absolute atomic E-state index is 12.6. The first-order chi connectivity index (χ1) is 15.3. The quantitative estimate of drug-likeness (QED) is 0.372. The molecule has 0 fully saturated rings. The molecule has 3 rings (SSSR count). The summed E-state index contributed by atoms with van der Waals surface area (Å²) < 4.78 is 0.327. The second-order valence-corrected chi connectivity index (χ2v) is 7.50. The molecular formula is C23H18BrN3O5. The summed E-state index contributed by atoms with van der Waals surface area (Å²) in [5, 5.41) is 24.0. The van der Waals surface area contributed by atoms with Crippen molar-refractivity contribution >= 4 is 39.8 Å². The summed E-state index contributed by atoms with van der Waals surface area (Å²) in [6, 6.07) is 14.1. The Hall–Kier alpha value is -3.98. The largest absolute Gasteiger partial charge is 0.508 e. The number of aromatic nitrogens is 1. The molecule has 0 aliphatic rings. The van der Waals surface area contributed by atoms with Gasteiger partial charge >= 0.3 is 5.97 Å². The Labute approximate surface area is 191 Å². The molecule has 0 saturated carbocycles. The van der Waals surface area contributed by atoms with E-state index in [0.717, 1.165) is 5.56 Å². The minimum Gasteiger partial charge on any atom is -0.508 e. The van der Waals surface area contributed by atoms with Crippen LogP contribution in [0.4, 0.5) is 0 Å². The van der Waals surface area contributed by atoms with E-state index >= 15 is 0 Å². The Bertz CT molecular complexity index is 1200. The van der Waals surface area contributed by atoms with E-state index in [1.165, 1.54) is 42.7 Å². The van der Waals surface area contributed by atoms with Crippen molar-refractivity contribution in [3.05, 3.63) is 99.4 Å². The van der Waals surface area contributed by atoms with Gasteiger partial charge in [0, 0.05) is 29.0 Å². The van der Waals surface area contributed by atoms with Crippen LogP contribution in [-0.2, 0) is 11.3 Å². The standard InChI is InChI=1S/C23H18BrN3O5/c24-19-12-16(21(29)26-13-15-2-1-3-17(28)10-15)4-5-18(19)22(30)27-20(23(31)32)11-14-6-8-25-9-7-14/h1-12,28H,13H2,(H,26,29)(H,27,30)(H,31,32). The lowest BCUT2D eigenvalue weighted by atomic mass is 10.1. The van der Waals surface area contributed by atoms with Gasteiger partial charge in [-0.25, -0.2) is 4.79 Å². The first-order valence-corrected chi connectivity index (χ1v) is 10.1. The van der Waals surface area contributed by atoms with Crippen LogP contribution in [0.1, 0.15) is 31.8 Å². The third-order valence-electron chi connectivity index (χ3n) is 4.34. The van der Waals surface area contributed by atoms with E-state index < -0.39 is 11.9 Å². The van der Waals surface area contributed by atoms with Gasteiger partial charge in [-0.05, 0) is 75.6 Å². The highest BCUT2D eigenvalue weighted by Crippen LogP contribution is 2.20. The Kier molecular flexibility index (Phi) is 7.35. The average molecular weight is 496 g/mol. The molecule has 1 heterocycles. The fraction of sp³-hybridized carbons (Fsp3) is 0.0435. The van der Waals surface area contributed by atoms with E-state index in [1.54, 1.807) is 30.3 Å². The van der Waals surface area contributed by atoms with E-state index in [-0.39, 0.29) is 29.5 Å². The molecule has 162 valence electrons. The van der Waals surface area contributed by atoms with Gasteiger partial charge in [-0.15, -0.1) is 0 Å². The van der Waals surface area contributed by atoms with E-state index in [0.29, 0.717) is 15.6 Å². The maximum atomic E-state index is 12.6. The summed E-state index contributed by atoms with van der Waals surface area (Å²) >= 11 is 3.27. The van der Waals surface area contributed by atoms with Crippen LogP contribution in [0.3, 0.4) is 0 Å². The van der Waals surface area contributed by atoms with Crippen LogP contribution >= 0.6 is 15.9 Å². The first-order valence-electron chi connectivity index (χ1n) is 9.35. The Morgan fingerprint density at radius 3 is 2.41 bits per heavy atom. The van der Waals surface area contributed by atoms with Gasteiger partial charge in [-0.3, -0.25) is 14.6 Å². The number of carboxylic acid groups (broad SMARTS) is 1. The highest BCUT2D eigenvalue weighted by molar-refractivity contribution is 9.10. The summed E-state index contributed by atoms with van der Waals surface area (Å²) in [5.41, 5.74) is 1.46. The second kappa shape index (κ2) is 10.4. The minimum atomic E-state index is -1.30. The number of hydrogen-bond acceptors (Lipinski definition) is 5. The lowest BCUT2D eigenvalue weighted by Crippen LogP contribution is -2.28. The number of phenolic OH excluding ortho intramolecular Hbond substituents is 1. The number of halogens is 1. The Morgan fingerprint density at radius 1 is 1.00 bits per heavy atom. The number of carbonyl (C=O) groups excluding carboxylic acids is 2. The summed E-state index contributed by atoms with van der Waals surface area (Å²) in [4.78, 5) is 40.4. The summed E-state index contributed by atoms with van der Waals surface area (Å²) in [6.45, 7) is 0.217. The zero-order valence-electron chi connectivity index (χ0n) is 16.6. The molecular weight excluding hydrogens is 478 g/mol. The number of carboxylic acids is 1. The number of nitrogens with one attached hydrogen (secondary N) is 2. The van der Waals surface area contributed by atoms with Gasteiger partial charge in [-0.2, -0.15) is 0 Å². The molecule has 0 aliphatic heterocycles. The van der Waals surface area contributed by atoms with Crippen molar-refractivity contribution in [3.8, 4) is 5.75 Å². The van der Waals surface area contributed by atoms with Crippen molar-refractivity contribution in [2.45, 2.75) is 6.54 Å². The van der Waals surface area contributed by atoms with E-state index in [2.05, 4.69) is 31.5 Å². The molecule has 2 aromatic carbocycles. The van der Waals surface area contributed by atoms with Crippen LogP contribution in [0, 0.1) is 0 Å².